The largest absolute Gasteiger partial charge is 0.496 e. The Morgan fingerprint density at radius 1 is 1.03 bits per heavy atom. The molecule has 0 bridgehead atoms. The number of carbonyl (C=O) groups excluding carboxylic acids is 2. The highest BCUT2D eigenvalue weighted by Gasteiger charge is 2.27. The van der Waals surface area contributed by atoms with Crippen molar-refractivity contribution in [3.8, 4) is 11.5 Å². The summed E-state index contributed by atoms with van der Waals surface area (Å²) in [5, 5.41) is 0. The Balaban J connectivity index is 1.52. The van der Waals surface area contributed by atoms with Crippen LogP contribution in [0.3, 0.4) is 0 Å². The highest BCUT2D eigenvalue weighted by Crippen LogP contribution is 2.25. The second-order valence-electron chi connectivity index (χ2n) is 8.40. The van der Waals surface area contributed by atoms with E-state index < -0.39 is 5.97 Å². The second kappa shape index (κ2) is 11.5. The Morgan fingerprint density at radius 3 is 2.61 bits per heavy atom. The number of carbonyl (C=O) groups is 2. The zero-order valence-corrected chi connectivity index (χ0v) is 20.4. The van der Waals surface area contributed by atoms with Gasteiger partial charge in [0, 0.05) is 62.2 Å². The molecular formula is C27H29N3O6. The average Bonchev–Trinajstić information content (AvgIpc) is 3.14. The number of methoxy groups -OCH3 is 2. The minimum atomic E-state index is -0.587. The molecule has 0 unspecified atom stereocenters. The van der Waals surface area contributed by atoms with E-state index in [1.807, 2.05) is 30.3 Å². The van der Waals surface area contributed by atoms with Crippen LogP contribution in [0.25, 0.3) is 0 Å². The predicted octanol–water partition coefficient (Wildman–Crippen LogP) is 2.64. The number of aromatic nitrogens is 2. The van der Waals surface area contributed by atoms with Crippen LogP contribution in [0, 0.1) is 0 Å². The molecule has 1 aliphatic heterocycles. The number of nitrogens with zero attached hydrogens (tertiary/aromatic N) is 3. The standard InChI is InChI=1S/C27H29N3O6/c1-34-22-8-4-3-7-20(22)9-10-24(31)29-13-11-21-26(27(33)35-2)23(16-25(32)30(21)15-14-29)36-18-19-6-5-12-28-17-19/h3-8,12,16-17H,9-11,13-15,18H2,1-2H3. The van der Waals surface area contributed by atoms with Crippen molar-refractivity contribution in [3.63, 3.8) is 0 Å². The summed E-state index contributed by atoms with van der Waals surface area (Å²) in [7, 11) is 2.90. The van der Waals surface area contributed by atoms with Crippen LogP contribution in [-0.2, 0) is 35.5 Å². The minimum Gasteiger partial charge on any atom is -0.496 e. The van der Waals surface area contributed by atoms with Gasteiger partial charge in [0.05, 0.1) is 14.2 Å². The molecule has 9 nitrogen and oxygen atoms in total. The van der Waals surface area contributed by atoms with Crippen molar-refractivity contribution in [2.45, 2.75) is 32.4 Å². The average molecular weight is 492 g/mol. The first-order valence-corrected chi connectivity index (χ1v) is 11.8. The number of ether oxygens (including phenoxy) is 3. The number of pyridine rings is 2. The Labute approximate surface area is 209 Å². The van der Waals surface area contributed by atoms with Crippen LogP contribution in [0.4, 0.5) is 0 Å². The lowest BCUT2D eigenvalue weighted by atomic mass is 10.1. The van der Waals surface area contributed by atoms with Crippen molar-refractivity contribution in [3.05, 3.63) is 87.6 Å². The molecule has 0 radical (unpaired) electrons. The molecule has 3 aromatic rings. The SMILES string of the molecule is COC(=O)c1c(OCc2cccnc2)cc(=O)n2c1CCN(C(=O)CCc1ccccc1OC)CC2. The van der Waals surface area contributed by atoms with Crippen LogP contribution in [0.2, 0.25) is 0 Å². The molecule has 1 aromatic carbocycles. The molecule has 0 saturated carbocycles. The summed E-state index contributed by atoms with van der Waals surface area (Å²) in [6.07, 6.45) is 4.50. The first-order chi connectivity index (χ1) is 17.5. The first kappa shape index (κ1) is 25.0. The van der Waals surface area contributed by atoms with Crippen LogP contribution in [-0.4, -0.2) is 53.6 Å². The number of hydrogen-bond donors (Lipinski definition) is 0. The fourth-order valence-electron chi connectivity index (χ4n) is 4.39. The van der Waals surface area contributed by atoms with Crippen molar-refractivity contribution in [1.82, 2.24) is 14.5 Å². The highest BCUT2D eigenvalue weighted by atomic mass is 16.5. The first-order valence-electron chi connectivity index (χ1n) is 11.8. The monoisotopic (exact) mass is 491 g/mol. The van der Waals surface area contributed by atoms with Gasteiger partial charge in [-0.3, -0.25) is 14.6 Å². The van der Waals surface area contributed by atoms with Gasteiger partial charge in [0.15, 0.2) is 0 Å². The normalized spacial score (nSPS) is 12.9. The zero-order chi connectivity index (χ0) is 25.5. The van der Waals surface area contributed by atoms with Gasteiger partial charge < -0.3 is 23.7 Å². The smallest absolute Gasteiger partial charge is 0.343 e. The zero-order valence-electron chi connectivity index (χ0n) is 20.4. The third kappa shape index (κ3) is 5.56. The number of para-hydroxylation sites is 1. The fourth-order valence-corrected chi connectivity index (χ4v) is 4.39. The van der Waals surface area contributed by atoms with Crippen molar-refractivity contribution in [1.29, 1.82) is 0 Å². The quantitative estimate of drug-likeness (QED) is 0.447. The van der Waals surface area contributed by atoms with Crippen molar-refractivity contribution < 1.29 is 23.8 Å². The molecule has 0 N–H and O–H groups in total. The van der Waals surface area contributed by atoms with E-state index >= 15 is 0 Å². The van der Waals surface area contributed by atoms with Gasteiger partial charge in [-0.15, -0.1) is 0 Å². The van der Waals surface area contributed by atoms with E-state index in [4.69, 9.17) is 14.2 Å². The van der Waals surface area contributed by atoms with Gasteiger partial charge in [-0.2, -0.15) is 0 Å². The molecule has 0 fully saturated rings. The van der Waals surface area contributed by atoms with Gasteiger partial charge in [-0.1, -0.05) is 24.3 Å². The number of fused-ring (bicyclic) bond motifs is 1. The maximum atomic E-state index is 13.0. The Hall–Kier alpha value is -4.14. The van der Waals surface area contributed by atoms with Crippen LogP contribution in [0.15, 0.2) is 59.7 Å². The predicted molar refractivity (Wildman–Crippen MR) is 132 cm³/mol. The van der Waals surface area contributed by atoms with Gasteiger partial charge in [-0.25, -0.2) is 4.79 Å². The fraction of sp³-hybridized carbons (Fsp3) is 0.333. The molecule has 9 heteroatoms. The van der Waals surface area contributed by atoms with Crippen LogP contribution in [0.5, 0.6) is 11.5 Å². The molecule has 3 heterocycles. The van der Waals surface area contributed by atoms with Crippen LogP contribution < -0.4 is 15.0 Å². The Morgan fingerprint density at radius 2 is 1.86 bits per heavy atom. The summed E-state index contributed by atoms with van der Waals surface area (Å²) in [6.45, 7) is 1.17. The summed E-state index contributed by atoms with van der Waals surface area (Å²) in [4.78, 5) is 44.6. The number of amides is 1. The van der Waals surface area contributed by atoms with E-state index in [1.54, 1.807) is 30.5 Å². The van der Waals surface area contributed by atoms with Gasteiger partial charge in [0.2, 0.25) is 5.91 Å². The molecule has 0 aliphatic carbocycles. The van der Waals surface area contributed by atoms with Crippen LogP contribution >= 0.6 is 0 Å². The summed E-state index contributed by atoms with van der Waals surface area (Å²) in [5.41, 5.74) is 2.20. The minimum absolute atomic E-state index is 0.0190. The van der Waals surface area contributed by atoms with Crippen molar-refractivity contribution in [2.24, 2.45) is 0 Å². The van der Waals surface area contributed by atoms with E-state index in [2.05, 4.69) is 4.98 Å². The number of benzene rings is 1. The van der Waals surface area contributed by atoms with E-state index in [0.29, 0.717) is 38.0 Å². The van der Waals surface area contributed by atoms with Crippen molar-refractivity contribution >= 4 is 11.9 Å². The molecule has 0 spiro atoms. The second-order valence-corrected chi connectivity index (χ2v) is 8.40. The molecule has 0 atom stereocenters. The van der Waals surface area contributed by atoms with Gasteiger partial charge in [-0.05, 0) is 24.1 Å². The molecule has 2 aromatic heterocycles. The highest BCUT2D eigenvalue weighted by molar-refractivity contribution is 5.93. The third-order valence-electron chi connectivity index (χ3n) is 6.25. The number of esters is 1. The van der Waals surface area contributed by atoms with Crippen molar-refractivity contribution in [2.75, 3.05) is 27.3 Å². The lowest BCUT2D eigenvalue weighted by molar-refractivity contribution is -0.131. The molecule has 36 heavy (non-hydrogen) atoms. The topological polar surface area (TPSA) is 100.0 Å². The summed E-state index contributed by atoms with van der Waals surface area (Å²) in [6, 6.07) is 12.6. The molecule has 0 saturated heterocycles. The maximum Gasteiger partial charge on any atom is 0.343 e. The molecule has 188 valence electrons. The van der Waals surface area contributed by atoms with E-state index in [1.165, 1.54) is 17.7 Å². The van der Waals surface area contributed by atoms with E-state index in [-0.39, 0.29) is 35.9 Å². The lowest BCUT2D eigenvalue weighted by Gasteiger charge is -2.20. The van der Waals surface area contributed by atoms with Crippen LogP contribution in [0.1, 0.15) is 33.6 Å². The Kier molecular flexibility index (Phi) is 7.99. The molecule has 1 aliphatic rings. The number of hydrogen-bond acceptors (Lipinski definition) is 7. The summed E-state index contributed by atoms with van der Waals surface area (Å²) >= 11 is 0. The van der Waals surface area contributed by atoms with Gasteiger partial charge in [0.25, 0.3) is 5.56 Å². The molecule has 1 amide bonds. The van der Waals surface area contributed by atoms with Gasteiger partial charge >= 0.3 is 5.97 Å². The summed E-state index contributed by atoms with van der Waals surface area (Å²) < 4.78 is 17.8. The Bertz CT molecular complexity index is 1290. The number of aryl methyl sites for hydroxylation is 1. The lowest BCUT2D eigenvalue weighted by Crippen LogP contribution is -2.34. The molecule has 4 rings (SSSR count). The maximum absolute atomic E-state index is 13.0. The third-order valence-corrected chi connectivity index (χ3v) is 6.25. The summed E-state index contributed by atoms with van der Waals surface area (Å²) in [5.74, 6) is 0.310. The van der Waals surface area contributed by atoms with Gasteiger partial charge in [0.1, 0.15) is 23.7 Å². The number of rotatable bonds is 8. The molecular weight excluding hydrogens is 462 g/mol. The van der Waals surface area contributed by atoms with E-state index in [0.717, 1.165) is 16.9 Å². The van der Waals surface area contributed by atoms with E-state index in [9.17, 15) is 14.4 Å².